The normalized spacial score (nSPS) is 45.4. The Morgan fingerprint density at radius 3 is 2.18 bits per heavy atom. The fourth-order valence-corrected chi connectivity index (χ4v) is 0.912. The topological polar surface area (TPSA) is 80.9 Å². The molecule has 0 radical (unpaired) electrons. The lowest BCUT2D eigenvalue weighted by Crippen LogP contribution is -2.47. The van der Waals surface area contributed by atoms with E-state index in [1.807, 2.05) is 0 Å². The van der Waals surface area contributed by atoms with E-state index in [1.165, 1.54) is 0 Å². The smallest absolute Gasteiger partial charge is 0.134 e. The fraction of sp³-hybridized carbons (Fsp3) is 0.667. The molecule has 4 atom stereocenters. The van der Waals surface area contributed by atoms with Crippen LogP contribution in [0.3, 0.4) is 0 Å². The van der Waals surface area contributed by atoms with Crippen molar-refractivity contribution in [2.45, 2.75) is 24.4 Å². The number of rotatable bonds is 0. The number of halogens is 1. The molecular formula is C6H9FO4. The fourth-order valence-electron chi connectivity index (χ4n) is 0.912. The van der Waals surface area contributed by atoms with Crippen LogP contribution in [0, 0.1) is 0 Å². The van der Waals surface area contributed by atoms with Gasteiger partial charge in [-0.3, -0.25) is 0 Å². The lowest BCUT2D eigenvalue weighted by Gasteiger charge is -2.28. The molecule has 64 valence electrons. The minimum absolute atomic E-state index is 0.669. The van der Waals surface area contributed by atoms with Crippen LogP contribution in [0.1, 0.15) is 0 Å². The highest BCUT2D eigenvalue weighted by Gasteiger charge is 2.36. The van der Waals surface area contributed by atoms with Crippen LogP contribution in [0.15, 0.2) is 11.9 Å². The molecule has 0 amide bonds. The van der Waals surface area contributed by atoms with Crippen LogP contribution in [-0.4, -0.2) is 44.8 Å². The molecule has 0 aromatic rings. The zero-order valence-electron chi connectivity index (χ0n) is 5.55. The Labute approximate surface area is 62.2 Å². The predicted octanol–water partition coefficient (Wildman–Crippen LogP) is -1.70. The van der Waals surface area contributed by atoms with Crippen molar-refractivity contribution in [2.75, 3.05) is 0 Å². The maximum absolute atomic E-state index is 12.4. The summed E-state index contributed by atoms with van der Waals surface area (Å²) in [6, 6.07) is 0. The molecule has 0 saturated heterocycles. The first-order valence-corrected chi connectivity index (χ1v) is 3.13. The number of hydrogen-bond donors (Lipinski definition) is 4. The van der Waals surface area contributed by atoms with Crippen LogP contribution in [0.25, 0.3) is 0 Å². The van der Waals surface area contributed by atoms with Crippen molar-refractivity contribution in [3.63, 3.8) is 0 Å². The highest BCUT2D eigenvalue weighted by molar-refractivity contribution is 5.13. The van der Waals surface area contributed by atoms with E-state index in [4.69, 9.17) is 20.4 Å². The third-order valence-corrected chi connectivity index (χ3v) is 1.64. The third kappa shape index (κ3) is 1.41. The average Bonchev–Trinajstić information content (AvgIpc) is 1.97. The summed E-state index contributed by atoms with van der Waals surface area (Å²) in [6.07, 6.45) is -5.69. The van der Waals surface area contributed by atoms with E-state index in [0.717, 1.165) is 0 Å². The summed E-state index contributed by atoms with van der Waals surface area (Å²) in [6.45, 7) is 0. The van der Waals surface area contributed by atoms with Gasteiger partial charge in [-0.15, -0.1) is 0 Å². The van der Waals surface area contributed by atoms with E-state index in [1.54, 1.807) is 0 Å². The summed E-state index contributed by atoms with van der Waals surface area (Å²) in [5.41, 5.74) is 0. The summed E-state index contributed by atoms with van der Waals surface area (Å²) in [4.78, 5) is 0. The zero-order valence-corrected chi connectivity index (χ0v) is 5.55. The first-order chi connectivity index (χ1) is 5.04. The van der Waals surface area contributed by atoms with Crippen molar-refractivity contribution in [2.24, 2.45) is 0 Å². The van der Waals surface area contributed by atoms with E-state index >= 15 is 0 Å². The minimum atomic E-state index is -1.73. The zero-order chi connectivity index (χ0) is 8.59. The Morgan fingerprint density at radius 1 is 1.09 bits per heavy atom. The molecular weight excluding hydrogens is 155 g/mol. The third-order valence-electron chi connectivity index (χ3n) is 1.64. The molecule has 0 unspecified atom stereocenters. The second kappa shape index (κ2) is 2.86. The lowest BCUT2D eigenvalue weighted by atomic mass is 9.95. The average molecular weight is 164 g/mol. The van der Waals surface area contributed by atoms with Gasteiger partial charge in [0.15, 0.2) is 0 Å². The number of aliphatic hydroxyl groups is 4. The van der Waals surface area contributed by atoms with Crippen LogP contribution < -0.4 is 0 Å². The largest absolute Gasteiger partial charge is 0.387 e. The Balaban J connectivity index is 2.83. The van der Waals surface area contributed by atoms with Crippen LogP contribution in [0.4, 0.5) is 4.39 Å². The molecule has 4 nitrogen and oxygen atoms in total. The molecule has 11 heavy (non-hydrogen) atoms. The number of aliphatic hydroxyl groups excluding tert-OH is 4. The van der Waals surface area contributed by atoms with Gasteiger partial charge in [-0.25, -0.2) is 4.39 Å². The monoisotopic (exact) mass is 164 g/mol. The minimum Gasteiger partial charge on any atom is -0.387 e. The van der Waals surface area contributed by atoms with Crippen LogP contribution in [0.2, 0.25) is 0 Å². The Bertz CT molecular complexity index is 181. The molecule has 0 spiro atoms. The van der Waals surface area contributed by atoms with Crippen molar-refractivity contribution < 1.29 is 24.8 Å². The molecule has 5 heteroatoms. The van der Waals surface area contributed by atoms with Crippen molar-refractivity contribution in [1.29, 1.82) is 0 Å². The Hall–Kier alpha value is -0.490. The maximum Gasteiger partial charge on any atom is 0.134 e. The van der Waals surface area contributed by atoms with Crippen molar-refractivity contribution in [3.8, 4) is 0 Å². The lowest BCUT2D eigenvalue weighted by molar-refractivity contribution is -0.0988. The molecule has 1 aliphatic carbocycles. The molecule has 0 saturated carbocycles. The van der Waals surface area contributed by atoms with Crippen LogP contribution in [-0.2, 0) is 0 Å². The van der Waals surface area contributed by atoms with Gasteiger partial charge >= 0.3 is 0 Å². The van der Waals surface area contributed by atoms with E-state index in [-0.39, 0.29) is 0 Å². The van der Waals surface area contributed by atoms with Gasteiger partial charge in [0.25, 0.3) is 0 Å². The van der Waals surface area contributed by atoms with Crippen molar-refractivity contribution in [1.82, 2.24) is 0 Å². The first kappa shape index (κ1) is 8.61. The van der Waals surface area contributed by atoms with Gasteiger partial charge in [0.05, 0.1) is 0 Å². The van der Waals surface area contributed by atoms with Gasteiger partial charge in [0, 0.05) is 0 Å². The quantitative estimate of drug-likeness (QED) is 0.344. The standard InChI is InChI=1S/C6H9FO4/c7-2-1-3(8)5(10)6(11)4(2)9/h1,3-6,8-11H/t3-,4+,5-,6+/m0/s1. The van der Waals surface area contributed by atoms with Gasteiger partial charge in [0.2, 0.25) is 0 Å². The van der Waals surface area contributed by atoms with Crippen LogP contribution >= 0.6 is 0 Å². The molecule has 0 bridgehead atoms. The van der Waals surface area contributed by atoms with Crippen molar-refractivity contribution in [3.05, 3.63) is 11.9 Å². The molecule has 1 aliphatic rings. The molecule has 0 aromatic heterocycles. The maximum atomic E-state index is 12.4. The summed E-state index contributed by atoms with van der Waals surface area (Å²) in [5, 5.41) is 35.3. The highest BCUT2D eigenvalue weighted by Crippen LogP contribution is 2.20. The Morgan fingerprint density at radius 2 is 1.64 bits per heavy atom. The van der Waals surface area contributed by atoms with E-state index in [9.17, 15) is 4.39 Å². The summed E-state index contributed by atoms with van der Waals surface area (Å²) >= 11 is 0. The second-order valence-corrected chi connectivity index (χ2v) is 2.47. The molecule has 4 N–H and O–H groups in total. The summed E-state index contributed by atoms with van der Waals surface area (Å²) in [7, 11) is 0. The second-order valence-electron chi connectivity index (χ2n) is 2.47. The molecule has 0 heterocycles. The molecule has 1 rings (SSSR count). The first-order valence-electron chi connectivity index (χ1n) is 3.13. The summed E-state index contributed by atoms with van der Waals surface area (Å²) < 4.78 is 12.4. The molecule has 0 fully saturated rings. The predicted molar refractivity (Wildman–Crippen MR) is 33.2 cm³/mol. The Kier molecular flexibility index (Phi) is 2.24. The molecule has 0 aliphatic heterocycles. The van der Waals surface area contributed by atoms with E-state index < -0.39 is 30.2 Å². The highest BCUT2D eigenvalue weighted by atomic mass is 19.1. The van der Waals surface area contributed by atoms with Gasteiger partial charge in [0.1, 0.15) is 30.2 Å². The van der Waals surface area contributed by atoms with Crippen LogP contribution in [0.5, 0.6) is 0 Å². The van der Waals surface area contributed by atoms with Gasteiger partial charge in [-0.1, -0.05) is 0 Å². The summed E-state index contributed by atoms with van der Waals surface area (Å²) in [5.74, 6) is -1.02. The van der Waals surface area contributed by atoms with E-state index in [0.29, 0.717) is 6.08 Å². The SMILES string of the molecule is O[C@@H]1[C@H](O)[C@H](O)C(F)=C[C@@H]1O. The van der Waals surface area contributed by atoms with Gasteiger partial charge in [-0.2, -0.15) is 0 Å². The van der Waals surface area contributed by atoms with Crippen molar-refractivity contribution >= 4 is 0 Å². The van der Waals surface area contributed by atoms with Gasteiger partial charge < -0.3 is 20.4 Å². The number of hydrogen-bond acceptors (Lipinski definition) is 4. The molecule has 0 aromatic carbocycles. The van der Waals surface area contributed by atoms with E-state index in [2.05, 4.69) is 0 Å². The van der Waals surface area contributed by atoms with Gasteiger partial charge in [-0.05, 0) is 6.08 Å².